The van der Waals surface area contributed by atoms with Gasteiger partial charge in [0.2, 0.25) is 0 Å². The van der Waals surface area contributed by atoms with Gasteiger partial charge in [-0.05, 0) is 31.5 Å². The van der Waals surface area contributed by atoms with Gasteiger partial charge in [-0.1, -0.05) is 15.9 Å². The molecule has 1 aromatic carbocycles. The molecule has 0 radical (unpaired) electrons. The Bertz CT molecular complexity index is 543. The molecule has 0 aliphatic rings. The van der Waals surface area contributed by atoms with Crippen LogP contribution in [0.4, 0.5) is 0 Å². The highest BCUT2D eigenvalue weighted by atomic mass is 79.9. The summed E-state index contributed by atoms with van der Waals surface area (Å²) in [5.74, 6) is -0.273. The molecule has 0 N–H and O–H groups in total. The van der Waals surface area contributed by atoms with E-state index in [-0.39, 0.29) is 18.8 Å². The zero-order valence-corrected chi connectivity index (χ0v) is 14.6. The van der Waals surface area contributed by atoms with Crippen molar-refractivity contribution in [3.63, 3.8) is 0 Å². The molecule has 1 rings (SSSR count). The number of halogens is 1. The van der Waals surface area contributed by atoms with Crippen molar-refractivity contribution in [1.29, 1.82) is 0 Å². The monoisotopic (exact) mass is 374 g/mol. The van der Waals surface area contributed by atoms with Crippen LogP contribution in [0.2, 0.25) is 0 Å². The summed E-state index contributed by atoms with van der Waals surface area (Å²) in [7, 11) is 2.93. The number of carbonyl (C=O) groups is 2. The standard InChI is InChI=1S/C15H19BrO6/c1-5-21-14(17)10-8-12(20-4)11(19-3)7-9(10)13(16)15(18)22-6-2/h7-8,13H,5-6H2,1-4H3. The van der Waals surface area contributed by atoms with Crippen molar-refractivity contribution in [1.82, 2.24) is 0 Å². The molecule has 0 amide bonds. The molecule has 0 saturated heterocycles. The van der Waals surface area contributed by atoms with E-state index in [0.29, 0.717) is 17.1 Å². The van der Waals surface area contributed by atoms with Crippen molar-refractivity contribution in [2.24, 2.45) is 0 Å². The molecular formula is C15H19BrO6. The molecule has 0 fully saturated rings. The molecule has 7 heteroatoms. The van der Waals surface area contributed by atoms with Gasteiger partial charge in [-0.3, -0.25) is 4.79 Å². The smallest absolute Gasteiger partial charge is 0.338 e. The summed E-state index contributed by atoms with van der Waals surface area (Å²) in [6, 6.07) is 3.04. The summed E-state index contributed by atoms with van der Waals surface area (Å²) in [6.07, 6.45) is 0. The van der Waals surface area contributed by atoms with Crippen molar-refractivity contribution >= 4 is 27.9 Å². The Balaban J connectivity index is 3.37. The van der Waals surface area contributed by atoms with E-state index in [1.165, 1.54) is 20.3 Å². The van der Waals surface area contributed by atoms with Gasteiger partial charge in [0.05, 0.1) is 33.0 Å². The first-order chi connectivity index (χ1) is 10.5. The lowest BCUT2D eigenvalue weighted by atomic mass is 10.0. The molecular weight excluding hydrogens is 356 g/mol. The second kappa shape index (κ2) is 8.63. The van der Waals surface area contributed by atoms with E-state index in [1.54, 1.807) is 19.9 Å². The third kappa shape index (κ3) is 4.13. The summed E-state index contributed by atoms with van der Waals surface area (Å²) in [4.78, 5) is 23.3. The van der Waals surface area contributed by atoms with E-state index in [1.807, 2.05) is 0 Å². The van der Waals surface area contributed by atoms with Crippen molar-refractivity contribution in [2.45, 2.75) is 18.7 Å². The van der Waals surface area contributed by atoms with Gasteiger partial charge in [0.15, 0.2) is 11.5 Å². The normalized spacial score (nSPS) is 11.5. The SMILES string of the molecule is CCOC(=O)c1cc(OC)c(OC)cc1C(Br)C(=O)OCC. The zero-order valence-electron chi connectivity index (χ0n) is 13.0. The van der Waals surface area contributed by atoms with Crippen LogP contribution in [0, 0.1) is 0 Å². The number of methoxy groups -OCH3 is 2. The molecule has 0 aliphatic carbocycles. The summed E-state index contributed by atoms with van der Waals surface area (Å²) >= 11 is 3.25. The highest BCUT2D eigenvalue weighted by Crippen LogP contribution is 2.37. The molecule has 22 heavy (non-hydrogen) atoms. The van der Waals surface area contributed by atoms with Crippen LogP contribution >= 0.6 is 15.9 Å². The average molecular weight is 375 g/mol. The highest BCUT2D eigenvalue weighted by Gasteiger charge is 2.27. The van der Waals surface area contributed by atoms with E-state index in [9.17, 15) is 9.59 Å². The molecule has 0 saturated carbocycles. The van der Waals surface area contributed by atoms with Crippen LogP contribution in [0.5, 0.6) is 11.5 Å². The molecule has 1 unspecified atom stereocenters. The number of esters is 2. The van der Waals surface area contributed by atoms with Crippen LogP contribution in [0.1, 0.15) is 34.6 Å². The first-order valence-corrected chi connectivity index (χ1v) is 7.65. The molecule has 1 atom stereocenters. The van der Waals surface area contributed by atoms with E-state index in [0.717, 1.165) is 0 Å². The fourth-order valence-corrected chi connectivity index (χ4v) is 2.34. The number of ether oxygens (including phenoxy) is 4. The van der Waals surface area contributed by atoms with Gasteiger partial charge in [-0.2, -0.15) is 0 Å². The number of carbonyl (C=O) groups excluding carboxylic acids is 2. The Morgan fingerprint density at radius 1 is 1.05 bits per heavy atom. The van der Waals surface area contributed by atoms with Crippen LogP contribution in [0.15, 0.2) is 12.1 Å². The largest absolute Gasteiger partial charge is 0.493 e. The fraction of sp³-hybridized carbons (Fsp3) is 0.467. The summed E-state index contributed by atoms with van der Waals surface area (Å²) < 4.78 is 20.4. The maximum atomic E-state index is 12.1. The summed E-state index contributed by atoms with van der Waals surface area (Å²) in [5, 5.41) is 0. The third-order valence-electron chi connectivity index (χ3n) is 2.82. The highest BCUT2D eigenvalue weighted by molar-refractivity contribution is 9.09. The molecule has 0 aromatic heterocycles. The number of hydrogen-bond acceptors (Lipinski definition) is 6. The van der Waals surface area contributed by atoms with Gasteiger partial charge in [-0.15, -0.1) is 0 Å². The Labute approximate surface area is 137 Å². The van der Waals surface area contributed by atoms with Crippen molar-refractivity contribution in [2.75, 3.05) is 27.4 Å². The summed E-state index contributed by atoms with van der Waals surface area (Å²) in [5.41, 5.74) is 0.615. The molecule has 0 bridgehead atoms. The van der Waals surface area contributed by atoms with Crippen LogP contribution in [0.3, 0.4) is 0 Å². The van der Waals surface area contributed by atoms with E-state index < -0.39 is 16.8 Å². The Kier molecular flexibility index (Phi) is 7.17. The quantitative estimate of drug-likeness (QED) is 0.539. The maximum absolute atomic E-state index is 12.1. The van der Waals surface area contributed by atoms with Gasteiger partial charge in [0, 0.05) is 0 Å². The van der Waals surface area contributed by atoms with Crippen molar-refractivity contribution < 1.29 is 28.5 Å². The van der Waals surface area contributed by atoms with E-state index >= 15 is 0 Å². The number of benzene rings is 1. The van der Waals surface area contributed by atoms with Gasteiger partial charge < -0.3 is 18.9 Å². The lowest BCUT2D eigenvalue weighted by molar-refractivity contribution is -0.142. The van der Waals surface area contributed by atoms with Gasteiger partial charge in [0.1, 0.15) is 4.83 Å². The minimum atomic E-state index is -0.813. The Morgan fingerprint density at radius 3 is 2.09 bits per heavy atom. The molecule has 0 heterocycles. The molecule has 0 aliphatic heterocycles. The Morgan fingerprint density at radius 2 is 1.59 bits per heavy atom. The van der Waals surface area contributed by atoms with Crippen LogP contribution in [-0.4, -0.2) is 39.4 Å². The number of alkyl halides is 1. The van der Waals surface area contributed by atoms with E-state index in [4.69, 9.17) is 18.9 Å². The van der Waals surface area contributed by atoms with Gasteiger partial charge in [-0.25, -0.2) is 4.79 Å². The average Bonchev–Trinajstić information content (AvgIpc) is 2.53. The minimum Gasteiger partial charge on any atom is -0.493 e. The molecule has 122 valence electrons. The third-order valence-corrected chi connectivity index (χ3v) is 3.68. The van der Waals surface area contributed by atoms with Gasteiger partial charge in [0.25, 0.3) is 0 Å². The van der Waals surface area contributed by atoms with E-state index in [2.05, 4.69) is 15.9 Å². The van der Waals surface area contributed by atoms with Crippen molar-refractivity contribution in [3.8, 4) is 11.5 Å². The lowest BCUT2D eigenvalue weighted by Gasteiger charge is -2.17. The predicted molar refractivity (Wildman–Crippen MR) is 83.8 cm³/mol. The van der Waals surface area contributed by atoms with Crippen LogP contribution in [0.25, 0.3) is 0 Å². The number of rotatable bonds is 7. The first-order valence-electron chi connectivity index (χ1n) is 6.73. The number of hydrogen-bond donors (Lipinski definition) is 0. The predicted octanol–water partition coefficient (Wildman–Crippen LogP) is 2.88. The fourth-order valence-electron chi connectivity index (χ4n) is 1.83. The molecule has 1 aromatic rings. The topological polar surface area (TPSA) is 71.1 Å². The first kappa shape index (κ1) is 18.3. The molecule has 6 nitrogen and oxygen atoms in total. The summed E-state index contributed by atoms with van der Waals surface area (Å²) in [6.45, 7) is 3.87. The molecule has 0 spiro atoms. The zero-order chi connectivity index (χ0) is 16.7. The van der Waals surface area contributed by atoms with Crippen molar-refractivity contribution in [3.05, 3.63) is 23.3 Å². The minimum absolute atomic E-state index is 0.217. The lowest BCUT2D eigenvalue weighted by Crippen LogP contribution is -2.16. The second-order valence-corrected chi connectivity index (χ2v) is 5.05. The van der Waals surface area contributed by atoms with Crippen LogP contribution < -0.4 is 9.47 Å². The Hall–Kier alpha value is -1.76. The maximum Gasteiger partial charge on any atom is 0.338 e. The van der Waals surface area contributed by atoms with Crippen LogP contribution in [-0.2, 0) is 14.3 Å². The van der Waals surface area contributed by atoms with Gasteiger partial charge >= 0.3 is 11.9 Å². The second-order valence-electron chi connectivity index (χ2n) is 4.13.